The molecule has 0 radical (unpaired) electrons. The summed E-state index contributed by atoms with van der Waals surface area (Å²) >= 11 is 9.41. The predicted molar refractivity (Wildman–Crippen MR) is 84.0 cm³/mol. The normalized spacial score (nSPS) is 13.0. The van der Waals surface area contributed by atoms with Crippen molar-refractivity contribution in [2.24, 2.45) is 7.05 Å². The molecule has 0 aliphatic rings. The Morgan fingerprint density at radius 2 is 2.19 bits per heavy atom. The third-order valence-corrected chi connectivity index (χ3v) is 4.08. The second-order valence-corrected chi connectivity index (χ2v) is 6.46. The summed E-state index contributed by atoms with van der Waals surface area (Å²) in [6, 6.07) is 3.15. The van der Waals surface area contributed by atoms with Crippen molar-refractivity contribution < 1.29 is 4.39 Å². The maximum atomic E-state index is 13.8. The van der Waals surface area contributed by atoms with Gasteiger partial charge in [-0.1, -0.05) is 0 Å². The Labute approximate surface area is 134 Å². The minimum absolute atomic E-state index is 0.268. The average Bonchev–Trinajstić information content (AvgIpc) is 2.96. The molecule has 2 heterocycles. The number of alkyl halides is 1. The van der Waals surface area contributed by atoms with Crippen LogP contribution in [0.1, 0.15) is 23.7 Å². The van der Waals surface area contributed by atoms with Gasteiger partial charge in [0.05, 0.1) is 33.6 Å². The number of nitrogens with zero attached hydrogens (tertiary/aromatic N) is 4. The topological polar surface area (TPSA) is 35.6 Å². The largest absolute Gasteiger partial charge is 0.322 e. The molecule has 3 aromatic rings. The number of imidazole rings is 1. The van der Waals surface area contributed by atoms with Crippen molar-refractivity contribution in [3.63, 3.8) is 0 Å². The van der Waals surface area contributed by atoms with Crippen LogP contribution in [0.15, 0.2) is 29.0 Å². The molecule has 21 heavy (non-hydrogen) atoms. The molecule has 1 unspecified atom stereocenters. The molecule has 1 aromatic carbocycles. The maximum absolute atomic E-state index is 13.8. The number of aromatic nitrogens is 4. The van der Waals surface area contributed by atoms with Gasteiger partial charge in [-0.3, -0.25) is 4.68 Å². The number of hydrogen-bond donors (Lipinski definition) is 0. The van der Waals surface area contributed by atoms with Gasteiger partial charge in [0.15, 0.2) is 0 Å². The van der Waals surface area contributed by atoms with E-state index in [0.29, 0.717) is 16.8 Å². The molecular weight excluding hydrogens is 359 g/mol. The molecule has 0 amide bonds. The first-order chi connectivity index (χ1) is 9.95. The standard InChI is InChI=1S/C14H13BrClFN4/c1-8(16)14-19-12-3-10(15)11(17)4-13(12)21(14)7-9-5-18-20(2)6-9/h3-6,8H,7H2,1-2H3. The number of fused-ring (bicyclic) bond motifs is 1. The van der Waals surface area contributed by atoms with Gasteiger partial charge in [0.25, 0.3) is 0 Å². The molecular formula is C14H13BrClFN4. The monoisotopic (exact) mass is 370 g/mol. The molecule has 4 nitrogen and oxygen atoms in total. The van der Waals surface area contributed by atoms with Crippen molar-refractivity contribution in [3.05, 3.63) is 46.2 Å². The molecule has 0 aliphatic carbocycles. The smallest absolute Gasteiger partial charge is 0.139 e. The van der Waals surface area contributed by atoms with Gasteiger partial charge in [-0.05, 0) is 28.9 Å². The van der Waals surface area contributed by atoms with Gasteiger partial charge in [-0.15, -0.1) is 11.6 Å². The zero-order chi connectivity index (χ0) is 15.1. The van der Waals surface area contributed by atoms with Gasteiger partial charge in [0, 0.05) is 24.9 Å². The van der Waals surface area contributed by atoms with Gasteiger partial charge in [-0.2, -0.15) is 5.10 Å². The number of rotatable bonds is 3. The third-order valence-electron chi connectivity index (χ3n) is 3.27. The quantitative estimate of drug-likeness (QED) is 0.652. The van der Waals surface area contributed by atoms with E-state index in [4.69, 9.17) is 11.6 Å². The fourth-order valence-electron chi connectivity index (χ4n) is 2.34. The number of benzene rings is 1. The zero-order valence-electron chi connectivity index (χ0n) is 11.5. The minimum Gasteiger partial charge on any atom is -0.322 e. The lowest BCUT2D eigenvalue weighted by Gasteiger charge is -2.09. The fraction of sp³-hybridized carbons (Fsp3) is 0.286. The summed E-state index contributed by atoms with van der Waals surface area (Å²) in [5.41, 5.74) is 2.45. The van der Waals surface area contributed by atoms with Crippen LogP contribution >= 0.6 is 27.5 Å². The summed E-state index contributed by atoms with van der Waals surface area (Å²) in [5.74, 6) is 0.400. The second-order valence-electron chi connectivity index (χ2n) is 4.95. The Balaban J connectivity index is 2.17. The van der Waals surface area contributed by atoms with Gasteiger partial charge in [-0.25, -0.2) is 9.37 Å². The van der Waals surface area contributed by atoms with Crippen molar-refractivity contribution >= 4 is 38.6 Å². The fourth-order valence-corrected chi connectivity index (χ4v) is 2.84. The molecule has 7 heteroatoms. The Hall–Kier alpha value is -1.40. The molecule has 0 spiro atoms. The molecule has 2 aromatic heterocycles. The SMILES string of the molecule is CC(Cl)c1nc2cc(Br)c(F)cc2n1Cc1cnn(C)c1. The van der Waals surface area contributed by atoms with E-state index in [-0.39, 0.29) is 11.2 Å². The Morgan fingerprint density at radius 1 is 1.43 bits per heavy atom. The van der Waals surface area contributed by atoms with E-state index in [9.17, 15) is 4.39 Å². The molecule has 0 fully saturated rings. The average molecular weight is 372 g/mol. The van der Waals surface area contributed by atoms with Crippen LogP contribution in [0.2, 0.25) is 0 Å². The van der Waals surface area contributed by atoms with Gasteiger partial charge in [0.2, 0.25) is 0 Å². The molecule has 0 saturated carbocycles. The van der Waals surface area contributed by atoms with Crippen molar-refractivity contribution in [1.82, 2.24) is 19.3 Å². The van der Waals surface area contributed by atoms with Crippen LogP contribution < -0.4 is 0 Å². The molecule has 0 bridgehead atoms. The molecule has 0 saturated heterocycles. The lowest BCUT2D eigenvalue weighted by Crippen LogP contribution is -2.05. The van der Waals surface area contributed by atoms with Crippen LogP contribution in [0.25, 0.3) is 11.0 Å². The summed E-state index contributed by atoms with van der Waals surface area (Å²) in [4.78, 5) is 4.52. The van der Waals surface area contributed by atoms with E-state index in [0.717, 1.165) is 16.6 Å². The predicted octanol–water partition coefficient (Wildman–Crippen LogP) is 4.02. The maximum Gasteiger partial charge on any atom is 0.139 e. The first-order valence-electron chi connectivity index (χ1n) is 6.42. The van der Waals surface area contributed by atoms with E-state index >= 15 is 0 Å². The van der Waals surface area contributed by atoms with E-state index in [1.54, 1.807) is 16.9 Å². The highest BCUT2D eigenvalue weighted by atomic mass is 79.9. The second kappa shape index (κ2) is 5.42. The first-order valence-corrected chi connectivity index (χ1v) is 7.65. The van der Waals surface area contributed by atoms with Crippen molar-refractivity contribution in [3.8, 4) is 0 Å². The van der Waals surface area contributed by atoms with Gasteiger partial charge >= 0.3 is 0 Å². The first kappa shape index (κ1) is 14.5. The van der Waals surface area contributed by atoms with Crippen molar-refractivity contribution in [1.29, 1.82) is 0 Å². The number of halogens is 3. The Kier molecular flexibility index (Phi) is 3.75. The third kappa shape index (κ3) is 2.70. The highest BCUT2D eigenvalue weighted by Gasteiger charge is 2.17. The van der Waals surface area contributed by atoms with E-state index in [1.807, 2.05) is 24.7 Å². The summed E-state index contributed by atoms with van der Waals surface area (Å²) in [6.45, 7) is 2.41. The van der Waals surface area contributed by atoms with Crippen LogP contribution in [-0.4, -0.2) is 19.3 Å². The van der Waals surface area contributed by atoms with Crippen LogP contribution in [0.4, 0.5) is 4.39 Å². The van der Waals surface area contributed by atoms with Crippen molar-refractivity contribution in [2.45, 2.75) is 18.8 Å². The van der Waals surface area contributed by atoms with E-state index in [1.165, 1.54) is 6.07 Å². The summed E-state index contributed by atoms with van der Waals surface area (Å²) < 4.78 is 17.9. The van der Waals surface area contributed by atoms with Crippen LogP contribution in [0.3, 0.4) is 0 Å². The van der Waals surface area contributed by atoms with Crippen LogP contribution in [0, 0.1) is 5.82 Å². The minimum atomic E-state index is -0.316. The molecule has 3 rings (SSSR count). The molecule has 0 aliphatic heterocycles. The van der Waals surface area contributed by atoms with Gasteiger partial charge < -0.3 is 4.57 Å². The Morgan fingerprint density at radius 3 is 2.81 bits per heavy atom. The molecule has 0 N–H and O–H groups in total. The van der Waals surface area contributed by atoms with E-state index in [2.05, 4.69) is 26.0 Å². The lowest BCUT2D eigenvalue weighted by atomic mass is 10.3. The van der Waals surface area contributed by atoms with E-state index < -0.39 is 0 Å². The van der Waals surface area contributed by atoms with Gasteiger partial charge in [0.1, 0.15) is 11.6 Å². The zero-order valence-corrected chi connectivity index (χ0v) is 13.9. The number of aryl methyl sites for hydroxylation is 1. The molecule has 1 atom stereocenters. The van der Waals surface area contributed by atoms with Crippen LogP contribution in [0.5, 0.6) is 0 Å². The summed E-state index contributed by atoms with van der Waals surface area (Å²) in [5, 5.41) is 3.88. The number of hydrogen-bond acceptors (Lipinski definition) is 2. The van der Waals surface area contributed by atoms with Crippen LogP contribution in [-0.2, 0) is 13.6 Å². The lowest BCUT2D eigenvalue weighted by molar-refractivity contribution is 0.621. The summed E-state index contributed by atoms with van der Waals surface area (Å²) in [7, 11) is 1.86. The Bertz CT molecular complexity index is 809. The highest BCUT2D eigenvalue weighted by molar-refractivity contribution is 9.10. The summed E-state index contributed by atoms with van der Waals surface area (Å²) in [6.07, 6.45) is 3.70. The highest BCUT2D eigenvalue weighted by Crippen LogP contribution is 2.29. The van der Waals surface area contributed by atoms with Crippen molar-refractivity contribution in [2.75, 3.05) is 0 Å². The molecule has 110 valence electrons.